The van der Waals surface area contributed by atoms with Crippen LogP contribution in [0.25, 0.3) is 17.3 Å². The van der Waals surface area contributed by atoms with Crippen molar-refractivity contribution in [1.29, 1.82) is 0 Å². The summed E-state index contributed by atoms with van der Waals surface area (Å²) < 4.78 is 2.48. The fourth-order valence-corrected chi connectivity index (χ4v) is 6.51. The lowest BCUT2D eigenvalue weighted by atomic mass is 9.79. The minimum absolute atomic E-state index is 0. The average molecular weight is 452 g/mol. The quantitative estimate of drug-likeness (QED) is 0.549. The van der Waals surface area contributed by atoms with Gasteiger partial charge in [0, 0.05) is 28.8 Å². The molecule has 2 N–H and O–H groups in total. The van der Waals surface area contributed by atoms with Crippen LogP contribution < -0.4 is 15.5 Å². The number of carbonyl (C=O) groups excluding carboxylic acids is 1. The summed E-state index contributed by atoms with van der Waals surface area (Å²) in [4.78, 5) is 12.4. The van der Waals surface area contributed by atoms with Gasteiger partial charge in [-0.3, -0.25) is 0 Å². The van der Waals surface area contributed by atoms with Crippen molar-refractivity contribution in [3.8, 4) is 11.3 Å². The lowest BCUT2D eigenvalue weighted by molar-refractivity contribution is -0.254. The molecule has 5 nitrogen and oxygen atoms in total. The smallest absolute Gasteiger partial charge is 0.169 e. The van der Waals surface area contributed by atoms with Gasteiger partial charge in [0.15, 0.2) is 5.69 Å². The fraction of sp³-hybridized carbons (Fsp3) is 0.423. The van der Waals surface area contributed by atoms with Gasteiger partial charge < -0.3 is 14.5 Å². The second-order valence-electron chi connectivity index (χ2n) is 9.57. The van der Waals surface area contributed by atoms with Gasteiger partial charge in [0.25, 0.3) is 0 Å². The molecule has 0 unspecified atom stereocenters. The van der Waals surface area contributed by atoms with E-state index in [1.807, 2.05) is 6.08 Å². The van der Waals surface area contributed by atoms with Crippen LogP contribution in [0.1, 0.15) is 77.2 Å². The van der Waals surface area contributed by atoms with Crippen molar-refractivity contribution in [2.75, 3.05) is 6.54 Å². The molecule has 1 fully saturated rings. The Morgan fingerprint density at radius 3 is 2.75 bits per heavy atom. The van der Waals surface area contributed by atoms with Crippen LogP contribution in [0, 0.1) is 0 Å². The molecule has 2 aromatic rings. The molecule has 2 aliphatic carbocycles. The first-order valence-electron chi connectivity index (χ1n) is 11.7. The van der Waals surface area contributed by atoms with Crippen molar-refractivity contribution in [1.82, 2.24) is 9.16 Å². The SMILES string of the molecule is Cl.N[N@+]12C=CCc3c(C4CCCCC4)ccc(c31)-c1c(C(=O)[O-])c3c(n1CC2)CCC=C3. The predicted octanol–water partition coefficient (Wildman–Crippen LogP) is 4.21. The number of benzene rings is 1. The maximum absolute atomic E-state index is 12.4. The third kappa shape index (κ3) is 3.02. The second-order valence-corrected chi connectivity index (χ2v) is 9.57. The number of quaternary nitrogens is 1. The Morgan fingerprint density at radius 2 is 1.97 bits per heavy atom. The summed E-state index contributed by atoms with van der Waals surface area (Å²) in [5, 5.41) is 12.4. The van der Waals surface area contributed by atoms with Crippen LogP contribution in [0.4, 0.5) is 5.69 Å². The van der Waals surface area contributed by atoms with Gasteiger partial charge in [-0.05, 0) is 49.3 Å². The number of halogens is 1. The fourth-order valence-electron chi connectivity index (χ4n) is 6.51. The van der Waals surface area contributed by atoms with Gasteiger partial charge in [0.05, 0.1) is 23.8 Å². The van der Waals surface area contributed by atoms with Crippen molar-refractivity contribution in [2.24, 2.45) is 5.84 Å². The number of nitrogens with zero attached hydrogens (tertiary/aromatic N) is 2. The van der Waals surface area contributed by atoms with E-state index in [1.54, 1.807) is 0 Å². The third-order valence-corrected chi connectivity index (χ3v) is 7.87. The van der Waals surface area contributed by atoms with E-state index in [0.29, 0.717) is 18.0 Å². The summed E-state index contributed by atoms with van der Waals surface area (Å²) in [6.45, 7) is 1.42. The van der Waals surface area contributed by atoms with Crippen LogP contribution in [0.15, 0.2) is 30.5 Å². The summed E-state index contributed by atoms with van der Waals surface area (Å²) in [5.74, 6) is 6.51. The van der Waals surface area contributed by atoms with Gasteiger partial charge in [0.1, 0.15) is 12.7 Å². The molecule has 6 rings (SSSR count). The maximum Gasteiger partial charge on any atom is 0.169 e. The Hall–Kier alpha value is -2.34. The molecule has 3 heterocycles. The van der Waals surface area contributed by atoms with E-state index in [9.17, 15) is 9.90 Å². The number of carbonyl (C=O) groups is 1. The number of fused-ring (bicyclic) bond motifs is 4. The highest BCUT2D eigenvalue weighted by molar-refractivity contribution is 6.01. The Morgan fingerprint density at radius 1 is 1.16 bits per heavy atom. The largest absolute Gasteiger partial charge is 0.545 e. The Bertz CT molecular complexity index is 1160. The molecule has 0 radical (unpaired) electrons. The van der Waals surface area contributed by atoms with E-state index in [4.69, 9.17) is 5.84 Å². The molecule has 1 saturated carbocycles. The first-order valence-corrected chi connectivity index (χ1v) is 11.7. The number of allylic oxidation sites excluding steroid dienone is 2. The van der Waals surface area contributed by atoms with Crippen molar-refractivity contribution in [3.63, 3.8) is 0 Å². The van der Waals surface area contributed by atoms with Crippen LogP contribution in [-0.4, -0.2) is 17.1 Å². The molecule has 1 aromatic heterocycles. The molecular weight excluding hydrogens is 422 g/mol. The number of carboxylic acids is 1. The van der Waals surface area contributed by atoms with E-state index in [2.05, 4.69) is 35.1 Å². The van der Waals surface area contributed by atoms with Crippen molar-refractivity contribution in [2.45, 2.75) is 63.8 Å². The third-order valence-electron chi connectivity index (χ3n) is 7.87. The first kappa shape index (κ1) is 21.5. The zero-order valence-electron chi connectivity index (χ0n) is 18.3. The summed E-state index contributed by atoms with van der Waals surface area (Å²) in [5.41, 5.74) is 7.89. The number of aromatic carboxylic acids is 1. The topological polar surface area (TPSA) is 71.1 Å². The molecule has 0 saturated heterocycles. The molecule has 4 aliphatic rings. The van der Waals surface area contributed by atoms with Gasteiger partial charge in [0.2, 0.25) is 0 Å². The lowest BCUT2D eigenvalue weighted by Crippen LogP contribution is -2.54. The second kappa shape index (κ2) is 7.91. The molecule has 2 aliphatic heterocycles. The first-order chi connectivity index (χ1) is 15.1. The van der Waals surface area contributed by atoms with Gasteiger partial charge in [-0.2, -0.15) is 10.4 Å². The van der Waals surface area contributed by atoms with Gasteiger partial charge in [-0.15, -0.1) is 12.4 Å². The maximum atomic E-state index is 12.4. The number of aromatic nitrogens is 1. The molecular formula is C26H30ClN3O2. The lowest BCUT2D eigenvalue weighted by Gasteiger charge is -2.35. The van der Waals surface area contributed by atoms with Crippen molar-refractivity contribution >= 4 is 30.1 Å². The highest BCUT2D eigenvalue weighted by atomic mass is 35.5. The minimum atomic E-state index is -1.09. The van der Waals surface area contributed by atoms with Crippen LogP contribution in [0.2, 0.25) is 0 Å². The van der Waals surface area contributed by atoms with Crippen LogP contribution in [0.5, 0.6) is 0 Å². The van der Waals surface area contributed by atoms with Crippen molar-refractivity contribution < 1.29 is 9.90 Å². The number of nitrogens with two attached hydrogens (primary N) is 1. The normalized spacial score (nSPS) is 23.5. The summed E-state index contributed by atoms with van der Waals surface area (Å²) in [6, 6.07) is 4.42. The highest BCUT2D eigenvalue weighted by Crippen LogP contribution is 2.49. The van der Waals surface area contributed by atoms with Gasteiger partial charge >= 0.3 is 0 Å². The molecule has 168 valence electrons. The molecule has 0 spiro atoms. The zero-order chi connectivity index (χ0) is 21.2. The van der Waals surface area contributed by atoms with E-state index >= 15 is 0 Å². The number of rotatable bonds is 2. The Kier molecular flexibility index (Phi) is 5.31. The van der Waals surface area contributed by atoms with Crippen molar-refractivity contribution in [3.05, 3.63) is 58.4 Å². The van der Waals surface area contributed by atoms with Gasteiger partial charge in [-0.1, -0.05) is 37.5 Å². The number of hydrogen-bond donors (Lipinski definition) is 1. The van der Waals surface area contributed by atoms with Gasteiger partial charge in [-0.25, -0.2) is 0 Å². The number of carboxylic acid groups (broad SMARTS) is 1. The summed E-state index contributed by atoms with van der Waals surface area (Å²) in [6.07, 6.45) is 17.4. The Balaban J connectivity index is 0.00000216. The van der Waals surface area contributed by atoms with Crippen LogP contribution >= 0.6 is 12.4 Å². The van der Waals surface area contributed by atoms with Crippen LogP contribution in [-0.2, 0) is 19.4 Å². The predicted molar refractivity (Wildman–Crippen MR) is 128 cm³/mol. The van der Waals surface area contributed by atoms with E-state index < -0.39 is 5.97 Å². The van der Waals surface area contributed by atoms with E-state index in [-0.39, 0.29) is 17.0 Å². The highest BCUT2D eigenvalue weighted by Gasteiger charge is 2.41. The zero-order valence-corrected chi connectivity index (χ0v) is 19.1. The average Bonchev–Trinajstić information content (AvgIpc) is 3.05. The monoisotopic (exact) mass is 451 g/mol. The molecule has 6 heteroatoms. The molecule has 0 bridgehead atoms. The van der Waals surface area contributed by atoms with E-state index in [0.717, 1.165) is 54.0 Å². The molecule has 32 heavy (non-hydrogen) atoms. The van der Waals surface area contributed by atoms with Crippen LogP contribution in [0.3, 0.4) is 0 Å². The Labute approximate surface area is 195 Å². The summed E-state index contributed by atoms with van der Waals surface area (Å²) >= 11 is 0. The minimum Gasteiger partial charge on any atom is -0.545 e. The molecule has 1 atom stereocenters. The molecule has 1 aromatic carbocycles. The standard InChI is InChI=1S/C26H29N3O2.ClH/c27-29-15-6-10-19-18(17-7-2-1-3-8-17)12-13-21(25(19)29)24-23(26(30)31)20-9-4-5-11-22(20)28(24)14-16-29;/h4,6,9,12-13,15,17H,1-3,5,7-8,10-11,14,16,27H2;1H/t29-;/m0./s1. The summed E-state index contributed by atoms with van der Waals surface area (Å²) in [7, 11) is 0. The molecule has 0 amide bonds. The number of hydrogen-bond acceptors (Lipinski definition) is 3. The van der Waals surface area contributed by atoms with E-state index in [1.165, 1.54) is 43.2 Å².